The highest BCUT2D eigenvalue weighted by molar-refractivity contribution is 7.99. The maximum atomic E-state index is 11.9. The number of carbonyl (C=O) groups excluding carboxylic acids is 2. The first kappa shape index (κ1) is 18.8. The third-order valence-electron chi connectivity index (χ3n) is 3.15. The Balaban J connectivity index is 1.56. The van der Waals surface area contributed by atoms with E-state index in [0.29, 0.717) is 31.4 Å². The number of hydrogen-bond acceptors (Lipinski definition) is 5. The molecular weight excluding hydrogens is 421 g/mol. The zero-order valence-corrected chi connectivity index (χ0v) is 16.0. The predicted octanol–water partition coefficient (Wildman–Crippen LogP) is 3.24. The van der Waals surface area contributed by atoms with E-state index in [2.05, 4.69) is 21.0 Å². The van der Waals surface area contributed by atoms with Crippen LogP contribution in [0.1, 0.15) is 10.4 Å². The van der Waals surface area contributed by atoms with Crippen molar-refractivity contribution in [2.24, 2.45) is 0 Å². The van der Waals surface area contributed by atoms with Gasteiger partial charge in [0, 0.05) is 16.8 Å². The number of amides is 2. The Kier molecular flexibility index (Phi) is 5.87. The molecule has 2 amide bonds. The Morgan fingerprint density at radius 1 is 1.04 bits per heavy atom. The quantitative estimate of drug-likeness (QED) is 0.490. The number of nitrogens with one attached hydrogen (secondary N) is 2. The molecule has 3 aromatic rings. The average molecular weight is 431 g/mol. The van der Waals surface area contributed by atoms with Crippen LogP contribution in [0.15, 0.2) is 41.7 Å². The fraction of sp³-hybridized carbons (Fsp3) is 0.0667. The predicted molar refractivity (Wildman–Crippen MR) is 101 cm³/mol. The number of hydrogen-bond donors (Lipinski definition) is 2. The molecule has 1 aromatic carbocycles. The molecule has 0 bridgehead atoms. The molecule has 0 radical (unpaired) electrons. The van der Waals surface area contributed by atoms with Crippen LogP contribution in [0.4, 0.5) is 0 Å². The second-order valence-corrected chi connectivity index (χ2v) is 7.20. The number of halogens is 3. The van der Waals surface area contributed by atoms with Crippen LogP contribution in [-0.2, 0) is 4.79 Å². The van der Waals surface area contributed by atoms with Crippen molar-refractivity contribution in [1.82, 2.24) is 25.4 Å². The first-order valence-corrected chi connectivity index (χ1v) is 9.23. The maximum Gasteiger partial charge on any atom is 0.269 e. The molecule has 0 aliphatic carbocycles. The van der Waals surface area contributed by atoms with Crippen LogP contribution in [0.5, 0.6) is 0 Å². The second kappa shape index (κ2) is 8.13. The second-order valence-electron chi connectivity index (χ2n) is 4.98. The van der Waals surface area contributed by atoms with E-state index in [1.807, 2.05) is 0 Å². The molecule has 2 aromatic heterocycles. The van der Waals surface area contributed by atoms with Gasteiger partial charge in [-0.25, -0.2) is 0 Å². The molecule has 0 saturated heterocycles. The molecule has 0 aliphatic heterocycles. The Labute approximate surface area is 167 Å². The van der Waals surface area contributed by atoms with E-state index in [0.717, 1.165) is 11.8 Å². The van der Waals surface area contributed by atoms with Crippen molar-refractivity contribution in [2.75, 3.05) is 5.75 Å². The minimum Gasteiger partial charge on any atom is -0.275 e. The lowest BCUT2D eigenvalue weighted by atomic mass is 10.2. The van der Waals surface area contributed by atoms with E-state index in [9.17, 15) is 9.59 Å². The zero-order chi connectivity index (χ0) is 18.7. The van der Waals surface area contributed by atoms with Crippen LogP contribution in [-0.4, -0.2) is 32.2 Å². The van der Waals surface area contributed by atoms with Gasteiger partial charge >= 0.3 is 0 Å². The van der Waals surface area contributed by atoms with Gasteiger partial charge in [-0.1, -0.05) is 46.6 Å². The number of aromatic nitrogens is 3. The van der Waals surface area contributed by atoms with E-state index in [-0.39, 0.29) is 5.75 Å². The number of pyridine rings is 1. The topological polar surface area (TPSA) is 88.4 Å². The standard InChI is InChI=1S/C15H10Cl3N5O2S/c16-9-3-1-8(2-4-9)14(25)21-19-12(24)7-26-15-22-20-13-11(18)5-10(17)6-23(13)15/h1-6H,7H2,(H,19,24)(H,21,25). The van der Waals surface area contributed by atoms with Gasteiger partial charge in [0.2, 0.25) is 5.91 Å². The van der Waals surface area contributed by atoms with Crippen LogP contribution in [0.3, 0.4) is 0 Å². The summed E-state index contributed by atoms with van der Waals surface area (Å²) in [5, 5.41) is 9.66. The lowest BCUT2D eigenvalue weighted by Gasteiger charge is -2.07. The molecule has 134 valence electrons. The summed E-state index contributed by atoms with van der Waals surface area (Å²) in [6.07, 6.45) is 1.60. The molecule has 0 saturated carbocycles. The number of rotatable bonds is 4. The summed E-state index contributed by atoms with van der Waals surface area (Å²) in [6.45, 7) is 0. The van der Waals surface area contributed by atoms with Gasteiger partial charge in [0.05, 0.1) is 15.8 Å². The molecule has 0 spiro atoms. The smallest absolute Gasteiger partial charge is 0.269 e. The Morgan fingerprint density at radius 3 is 2.50 bits per heavy atom. The molecule has 26 heavy (non-hydrogen) atoms. The van der Waals surface area contributed by atoms with Crippen molar-refractivity contribution in [3.63, 3.8) is 0 Å². The summed E-state index contributed by atoms with van der Waals surface area (Å²) < 4.78 is 1.59. The Bertz CT molecular complexity index is 977. The van der Waals surface area contributed by atoms with Crippen molar-refractivity contribution >= 4 is 64.0 Å². The van der Waals surface area contributed by atoms with Gasteiger partial charge in [-0.05, 0) is 30.3 Å². The maximum absolute atomic E-state index is 11.9. The number of benzene rings is 1. The molecule has 2 heterocycles. The zero-order valence-electron chi connectivity index (χ0n) is 12.9. The van der Waals surface area contributed by atoms with Crippen LogP contribution in [0, 0.1) is 0 Å². The van der Waals surface area contributed by atoms with Crippen molar-refractivity contribution in [2.45, 2.75) is 5.16 Å². The lowest BCUT2D eigenvalue weighted by Crippen LogP contribution is -2.42. The van der Waals surface area contributed by atoms with E-state index in [1.54, 1.807) is 40.9 Å². The number of carbonyl (C=O) groups is 2. The van der Waals surface area contributed by atoms with Crippen LogP contribution < -0.4 is 10.9 Å². The van der Waals surface area contributed by atoms with Crippen LogP contribution >= 0.6 is 46.6 Å². The summed E-state index contributed by atoms with van der Waals surface area (Å²) in [5.74, 6) is -0.861. The number of nitrogens with zero attached hydrogens (tertiary/aromatic N) is 3. The monoisotopic (exact) mass is 429 g/mol. The minimum atomic E-state index is -0.452. The van der Waals surface area contributed by atoms with Gasteiger partial charge in [-0.15, -0.1) is 10.2 Å². The summed E-state index contributed by atoms with van der Waals surface area (Å²) in [5.41, 5.74) is 5.46. The van der Waals surface area contributed by atoms with Gasteiger partial charge < -0.3 is 0 Å². The molecule has 3 rings (SSSR count). The molecule has 0 unspecified atom stereocenters. The third kappa shape index (κ3) is 4.39. The molecule has 0 atom stereocenters. The summed E-state index contributed by atoms with van der Waals surface area (Å²) in [6, 6.07) is 7.82. The molecule has 11 heteroatoms. The highest BCUT2D eigenvalue weighted by atomic mass is 35.5. The highest BCUT2D eigenvalue weighted by Crippen LogP contribution is 2.25. The molecule has 0 fully saturated rings. The fourth-order valence-corrected chi connectivity index (χ4v) is 3.31. The van der Waals surface area contributed by atoms with E-state index in [1.165, 1.54) is 0 Å². The van der Waals surface area contributed by atoms with E-state index in [4.69, 9.17) is 34.8 Å². The summed E-state index contributed by atoms with van der Waals surface area (Å²) in [7, 11) is 0. The first-order chi connectivity index (χ1) is 12.4. The van der Waals surface area contributed by atoms with Gasteiger partial charge in [-0.2, -0.15) is 0 Å². The fourth-order valence-electron chi connectivity index (χ4n) is 1.97. The third-order valence-corrected chi connectivity index (χ3v) is 4.83. The average Bonchev–Trinajstić information content (AvgIpc) is 3.01. The van der Waals surface area contributed by atoms with Gasteiger partial charge in [0.15, 0.2) is 10.8 Å². The van der Waals surface area contributed by atoms with Crippen molar-refractivity contribution < 1.29 is 9.59 Å². The lowest BCUT2D eigenvalue weighted by molar-refractivity contribution is -0.119. The molecule has 7 nitrogen and oxygen atoms in total. The Hall–Kier alpha value is -2.00. The summed E-state index contributed by atoms with van der Waals surface area (Å²) in [4.78, 5) is 23.8. The van der Waals surface area contributed by atoms with Crippen LogP contribution in [0.2, 0.25) is 15.1 Å². The SMILES string of the molecule is O=C(CSc1nnc2c(Cl)cc(Cl)cn12)NNC(=O)c1ccc(Cl)cc1. The van der Waals surface area contributed by atoms with Crippen molar-refractivity contribution in [3.8, 4) is 0 Å². The largest absolute Gasteiger partial charge is 0.275 e. The van der Waals surface area contributed by atoms with Gasteiger partial charge in [-0.3, -0.25) is 24.8 Å². The minimum absolute atomic E-state index is 0.00578. The van der Waals surface area contributed by atoms with Crippen molar-refractivity contribution in [1.29, 1.82) is 0 Å². The highest BCUT2D eigenvalue weighted by Gasteiger charge is 2.13. The normalized spacial score (nSPS) is 10.7. The van der Waals surface area contributed by atoms with Gasteiger partial charge in [0.1, 0.15) is 0 Å². The van der Waals surface area contributed by atoms with Crippen LogP contribution in [0.25, 0.3) is 5.65 Å². The number of fused-ring (bicyclic) bond motifs is 1. The molecule has 2 N–H and O–H groups in total. The number of thioether (sulfide) groups is 1. The summed E-state index contributed by atoms with van der Waals surface area (Å²) >= 11 is 18.9. The van der Waals surface area contributed by atoms with E-state index < -0.39 is 11.8 Å². The first-order valence-electron chi connectivity index (χ1n) is 7.11. The van der Waals surface area contributed by atoms with Gasteiger partial charge in [0.25, 0.3) is 5.91 Å². The molecule has 0 aliphatic rings. The van der Waals surface area contributed by atoms with E-state index >= 15 is 0 Å². The molecular formula is C15H10Cl3N5O2S. The Morgan fingerprint density at radius 2 is 1.77 bits per heavy atom. The number of hydrazine groups is 1. The van der Waals surface area contributed by atoms with Crippen molar-refractivity contribution in [3.05, 3.63) is 57.2 Å².